The Bertz CT molecular complexity index is 495. The molecule has 0 radical (unpaired) electrons. The number of ether oxygens (including phenoxy) is 2. The van der Waals surface area contributed by atoms with E-state index in [0.29, 0.717) is 11.3 Å². The zero-order valence-electron chi connectivity index (χ0n) is 10.6. The number of esters is 1. The van der Waals surface area contributed by atoms with E-state index in [1.54, 1.807) is 12.1 Å². The Hall–Kier alpha value is -1.07. The first-order valence-corrected chi connectivity index (χ1v) is 6.47. The van der Waals surface area contributed by atoms with E-state index in [1.165, 1.54) is 0 Å². The number of benzene rings is 1. The van der Waals surface area contributed by atoms with E-state index in [-0.39, 0.29) is 6.61 Å². The van der Waals surface area contributed by atoms with Crippen LogP contribution in [0.5, 0.6) is 5.75 Å². The predicted octanol–water partition coefficient (Wildman–Crippen LogP) is 2.34. The van der Waals surface area contributed by atoms with Crippen LogP contribution < -0.4 is 10.5 Å². The number of fused-ring (bicyclic) bond motifs is 1. The molecule has 0 spiro atoms. The molecular weight excluding hydrogens is 298 g/mol. The third-order valence-corrected chi connectivity index (χ3v) is 3.14. The van der Waals surface area contributed by atoms with Crippen molar-refractivity contribution in [3.8, 4) is 5.75 Å². The van der Waals surface area contributed by atoms with Crippen molar-refractivity contribution in [1.29, 1.82) is 0 Å². The second kappa shape index (κ2) is 4.24. The van der Waals surface area contributed by atoms with Crippen LogP contribution in [0.15, 0.2) is 22.7 Å². The van der Waals surface area contributed by atoms with Crippen molar-refractivity contribution in [3.63, 3.8) is 0 Å². The minimum Gasteiger partial charge on any atom is -0.490 e. The van der Waals surface area contributed by atoms with Crippen LogP contribution in [0.25, 0.3) is 0 Å². The average Bonchev–Trinajstić information content (AvgIpc) is 2.55. The Morgan fingerprint density at radius 3 is 2.78 bits per heavy atom. The molecule has 1 heterocycles. The fourth-order valence-corrected chi connectivity index (χ4v) is 2.13. The quantitative estimate of drug-likeness (QED) is 0.808. The summed E-state index contributed by atoms with van der Waals surface area (Å²) in [7, 11) is 0. The summed E-state index contributed by atoms with van der Waals surface area (Å²) in [6.07, 6.45) is 0. The van der Waals surface area contributed by atoms with Gasteiger partial charge in [-0.2, -0.15) is 0 Å². The normalized spacial score (nSPS) is 22.3. The summed E-state index contributed by atoms with van der Waals surface area (Å²) in [6.45, 7) is 5.54. The van der Waals surface area contributed by atoms with Crippen LogP contribution in [0.4, 0.5) is 0 Å². The Labute approximate surface area is 115 Å². The molecule has 1 aromatic carbocycles. The molecule has 0 fully saturated rings. The van der Waals surface area contributed by atoms with Crippen molar-refractivity contribution in [3.05, 3.63) is 28.2 Å². The third kappa shape index (κ3) is 2.37. The van der Waals surface area contributed by atoms with Crippen LogP contribution >= 0.6 is 15.9 Å². The van der Waals surface area contributed by atoms with Gasteiger partial charge in [0.25, 0.3) is 0 Å². The van der Waals surface area contributed by atoms with Crippen molar-refractivity contribution in [2.45, 2.75) is 31.9 Å². The fraction of sp³-hybridized carbons (Fsp3) is 0.462. The summed E-state index contributed by atoms with van der Waals surface area (Å²) in [5.41, 5.74) is 5.04. The molecule has 2 rings (SSSR count). The lowest BCUT2D eigenvalue weighted by atomic mass is 9.93. The van der Waals surface area contributed by atoms with Gasteiger partial charge in [-0.1, -0.05) is 22.0 Å². The van der Waals surface area contributed by atoms with Gasteiger partial charge in [0.1, 0.15) is 18.0 Å². The van der Waals surface area contributed by atoms with E-state index in [4.69, 9.17) is 15.2 Å². The van der Waals surface area contributed by atoms with Gasteiger partial charge in [-0.15, -0.1) is 0 Å². The first-order valence-electron chi connectivity index (χ1n) is 5.67. The SMILES string of the molecule is CC(C)(C)OC(=O)[C@]1(N)COc2cc(Br)ccc21. The molecule has 0 bridgehead atoms. The summed E-state index contributed by atoms with van der Waals surface area (Å²) in [4.78, 5) is 12.2. The molecule has 0 unspecified atom stereocenters. The van der Waals surface area contributed by atoms with Crippen molar-refractivity contribution in [2.24, 2.45) is 5.73 Å². The molecular formula is C13H16BrNO3. The molecule has 0 saturated heterocycles. The molecule has 1 aliphatic heterocycles. The van der Waals surface area contributed by atoms with E-state index in [0.717, 1.165) is 4.47 Å². The highest BCUT2D eigenvalue weighted by molar-refractivity contribution is 9.10. The van der Waals surface area contributed by atoms with Crippen LogP contribution in [-0.2, 0) is 15.1 Å². The highest BCUT2D eigenvalue weighted by atomic mass is 79.9. The zero-order chi connectivity index (χ0) is 13.6. The topological polar surface area (TPSA) is 61.5 Å². The second-order valence-electron chi connectivity index (χ2n) is 5.40. The molecule has 1 aliphatic rings. The molecule has 5 heteroatoms. The number of hydrogen-bond acceptors (Lipinski definition) is 4. The predicted molar refractivity (Wildman–Crippen MR) is 71.3 cm³/mol. The van der Waals surface area contributed by atoms with Gasteiger partial charge in [0.2, 0.25) is 0 Å². The number of rotatable bonds is 1. The Morgan fingerprint density at radius 1 is 1.50 bits per heavy atom. The lowest BCUT2D eigenvalue weighted by molar-refractivity contribution is -0.162. The fourth-order valence-electron chi connectivity index (χ4n) is 1.79. The van der Waals surface area contributed by atoms with Crippen LogP contribution in [0.3, 0.4) is 0 Å². The molecule has 1 atom stereocenters. The molecule has 0 saturated carbocycles. The van der Waals surface area contributed by atoms with Gasteiger partial charge in [0, 0.05) is 10.0 Å². The van der Waals surface area contributed by atoms with E-state index in [2.05, 4.69) is 15.9 Å². The van der Waals surface area contributed by atoms with Crippen molar-refractivity contribution >= 4 is 21.9 Å². The lowest BCUT2D eigenvalue weighted by Crippen LogP contribution is -2.49. The van der Waals surface area contributed by atoms with Gasteiger partial charge < -0.3 is 15.2 Å². The summed E-state index contributed by atoms with van der Waals surface area (Å²) >= 11 is 3.35. The molecule has 18 heavy (non-hydrogen) atoms. The maximum Gasteiger partial charge on any atom is 0.335 e. The van der Waals surface area contributed by atoms with Crippen molar-refractivity contribution in [1.82, 2.24) is 0 Å². The van der Waals surface area contributed by atoms with Crippen LogP contribution in [0, 0.1) is 0 Å². The Balaban J connectivity index is 2.33. The smallest absolute Gasteiger partial charge is 0.335 e. The molecule has 4 nitrogen and oxygen atoms in total. The summed E-state index contributed by atoms with van der Waals surface area (Å²) < 4.78 is 11.7. The first-order chi connectivity index (χ1) is 8.22. The van der Waals surface area contributed by atoms with E-state index in [1.807, 2.05) is 26.8 Å². The maximum atomic E-state index is 12.2. The van der Waals surface area contributed by atoms with Crippen molar-refractivity contribution < 1.29 is 14.3 Å². The van der Waals surface area contributed by atoms with Crippen LogP contribution in [0.1, 0.15) is 26.3 Å². The minimum atomic E-state index is -1.22. The van der Waals surface area contributed by atoms with Crippen LogP contribution in [0.2, 0.25) is 0 Å². The largest absolute Gasteiger partial charge is 0.490 e. The molecule has 2 N–H and O–H groups in total. The lowest BCUT2D eigenvalue weighted by Gasteiger charge is -2.27. The van der Waals surface area contributed by atoms with Gasteiger partial charge in [-0.3, -0.25) is 0 Å². The van der Waals surface area contributed by atoms with E-state index >= 15 is 0 Å². The molecule has 1 aromatic rings. The zero-order valence-corrected chi connectivity index (χ0v) is 12.2. The van der Waals surface area contributed by atoms with Gasteiger partial charge in [0.05, 0.1) is 0 Å². The van der Waals surface area contributed by atoms with Gasteiger partial charge in [-0.25, -0.2) is 4.79 Å². The van der Waals surface area contributed by atoms with Gasteiger partial charge in [-0.05, 0) is 32.9 Å². The maximum absolute atomic E-state index is 12.2. The number of nitrogens with two attached hydrogens (primary N) is 1. The molecule has 0 aromatic heterocycles. The Morgan fingerprint density at radius 2 is 2.17 bits per heavy atom. The standard InChI is InChI=1S/C13H16BrNO3/c1-12(2,3)18-11(16)13(15)7-17-10-6-8(14)4-5-9(10)13/h4-6H,7,15H2,1-3H3/t13-/m0/s1. The average molecular weight is 314 g/mol. The minimum absolute atomic E-state index is 0.105. The van der Waals surface area contributed by atoms with Crippen molar-refractivity contribution in [2.75, 3.05) is 6.61 Å². The summed E-state index contributed by atoms with van der Waals surface area (Å²) in [5, 5.41) is 0. The third-order valence-electron chi connectivity index (χ3n) is 2.64. The van der Waals surface area contributed by atoms with Crippen LogP contribution in [-0.4, -0.2) is 18.2 Å². The molecule has 98 valence electrons. The number of halogens is 1. The highest BCUT2D eigenvalue weighted by Gasteiger charge is 2.46. The van der Waals surface area contributed by atoms with E-state index in [9.17, 15) is 4.79 Å². The van der Waals surface area contributed by atoms with Gasteiger partial charge >= 0.3 is 5.97 Å². The summed E-state index contributed by atoms with van der Waals surface area (Å²) in [6, 6.07) is 5.42. The van der Waals surface area contributed by atoms with E-state index < -0.39 is 17.1 Å². The number of carbonyl (C=O) groups excluding carboxylic acids is 1. The number of hydrogen-bond donors (Lipinski definition) is 1. The first kappa shape index (κ1) is 13.4. The molecule has 0 amide bonds. The monoisotopic (exact) mass is 313 g/mol. The Kier molecular flexibility index (Phi) is 3.15. The molecule has 0 aliphatic carbocycles. The van der Waals surface area contributed by atoms with Gasteiger partial charge in [0.15, 0.2) is 5.54 Å². The second-order valence-corrected chi connectivity index (χ2v) is 6.32. The number of carbonyl (C=O) groups is 1. The summed E-state index contributed by atoms with van der Waals surface area (Å²) in [5.74, 6) is 0.161. The highest BCUT2D eigenvalue weighted by Crippen LogP contribution is 2.38.